The van der Waals surface area contributed by atoms with E-state index < -0.39 is 97.5 Å². The number of aliphatic hydroxyl groups is 1. The molecule has 630 valence electrons. The molecule has 17 nitrogen and oxygen atoms in total. The number of phosphoric ester groups is 2. The van der Waals surface area contributed by atoms with Crippen LogP contribution in [-0.4, -0.2) is 96.7 Å². The van der Waals surface area contributed by atoms with Crippen molar-refractivity contribution < 1.29 is 80.2 Å². The first kappa shape index (κ1) is 104. The summed E-state index contributed by atoms with van der Waals surface area (Å²) >= 11 is 0. The fourth-order valence-corrected chi connectivity index (χ4v) is 15.1. The van der Waals surface area contributed by atoms with E-state index in [9.17, 15) is 43.2 Å². The fraction of sp³-hybridized carbons (Fsp3) is 0.954. The Kier molecular flexibility index (Phi) is 76.9. The van der Waals surface area contributed by atoms with Gasteiger partial charge in [-0.1, -0.05) is 414 Å². The number of ether oxygens (including phenoxy) is 4. The van der Waals surface area contributed by atoms with Crippen LogP contribution in [0.3, 0.4) is 0 Å². The summed E-state index contributed by atoms with van der Waals surface area (Å²) in [4.78, 5) is 73.3. The molecule has 0 saturated carbocycles. The van der Waals surface area contributed by atoms with Crippen molar-refractivity contribution in [2.45, 2.75) is 484 Å². The Balaban J connectivity index is 5.24. The molecule has 0 radical (unpaired) electrons. The van der Waals surface area contributed by atoms with E-state index in [0.29, 0.717) is 25.7 Å². The Morgan fingerprint density at radius 2 is 0.481 bits per heavy atom. The van der Waals surface area contributed by atoms with Gasteiger partial charge in [0.25, 0.3) is 0 Å². The van der Waals surface area contributed by atoms with Crippen molar-refractivity contribution >= 4 is 39.5 Å². The van der Waals surface area contributed by atoms with Crippen molar-refractivity contribution in [3.05, 3.63) is 0 Å². The molecule has 0 aliphatic carbocycles. The topological polar surface area (TPSA) is 237 Å². The molecule has 0 saturated heterocycles. The normalized spacial score (nSPS) is 14.1. The third-order valence-electron chi connectivity index (χ3n) is 20.8. The lowest BCUT2D eigenvalue weighted by Gasteiger charge is -2.21. The first-order chi connectivity index (χ1) is 51.4. The minimum Gasteiger partial charge on any atom is -0.462 e. The molecule has 0 aromatic rings. The smallest absolute Gasteiger partial charge is 0.462 e. The average Bonchev–Trinajstić information content (AvgIpc) is 0.901. The largest absolute Gasteiger partial charge is 0.472 e. The minimum atomic E-state index is -4.97. The van der Waals surface area contributed by atoms with Gasteiger partial charge < -0.3 is 33.8 Å². The van der Waals surface area contributed by atoms with Gasteiger partial charge in [0, 0.05) is 25.7 Å². The van der Waals surface area contributed by atoms with E-state index >= 15 is 0 Å². The molecule has 0 aromatic carbocycles. The lowest BCUT2D eigenvalue weighted by molar-refractivity contribution is -0.161. The average molecular weight is 1550 g/mol. The van der Waals surface area contributed by atoms with Gasteiger partial charge >= 0.3 is 39.5 Å². The highest BCUT2D eigenvalue weighted by atomic mass is 31.2. The molecule has 0 aliphatic heterocycles. The Bertz CT molecular complexity index is 2030. The summed E-state index contributed by atoms with van der Waals surface area (Å²) in [5.41, 5.74) is 0. The highest BCUT2D eigenvalue weighted by Gasteiger charge is 2.30. The van der Waals surface area contributed by atoms with Gasteiger partial charge in [-0.3, -0.25) is 37.3 Å². The van der Waals surface area contributed by atoms with Crippen LogP contribution in [0.1, 0.15) is 465 Å². The van der Waals surface area contributed by atoms with E-state index in [1.165, 1.54) is 283 Å². The van der Waals surface area contributed by atoms with Gasteiger partial charge in [-0.05, 0) is 37.5 Å². The third-order valence-corrected chi connectivity index (χ3v) is 22.7. The van der Waals surface area contributed by atoms with E-state index in [0.717, 1.165) is 102 Å². The quantitative estimate of drug-likeness (QED) is 0.0222. The third kappa shape index (κ3) is 78.7. The molecule has 6 atom stereocenters. The molecule has 0 amide bonds. The maximum absolute atomic E-state index is 13.2. The zero-order valence-corrected chi connectivity index (χ0v) is 71.5. The number of unbranched alkanes of at least 4 members (excludes halogenated alkanes) is 55. The van der Waals surface area contributed by atoms with Crippen molar-refractivity contribution in [3.63, 3.8) is 0 Å². The second kappa shape index (κ2) is 78.3. The summed E-state index contributed by atoms with van der Waals surface area (Å²) in [6.45, 7) is 9.72. The van der Waals surface area contributed by atoms with Crippen LogP contribution in [0.25, 0.3) is 0 Å². The number of aliphatic hydroxyl groups excluding tert-OH is 1. The maximum atomic E-state index is 13.2. The molecule has 19 heteroatoms. The van der Waals surface area contributed by atoms with Crippen LogP contribution in [0.15, 0.2) is 0 Å². The molecule has 0 spiro atoms. The first-order valence-electron chi connectivity index (χ1n) is 45.0. The van der Waals surface area contributed by atoms with Crippen molar-refractivity contribution in [2.24, 2.45) is 11.8 Å². The van der Waals surface area contributed by atoms with Gasteiger partial charge in [-0.25, -0.2) is 9.13 Å². The number of carbonyl (C=O) groups is 4. The summed E-state index contributed by atoms with van der Waals surface area (Å²) < 4.78 is 68.9. The van der Waals surface area contributed by atoms with Crippen LogP contribution in [-0.2, 0) is 65.4 Å². The number of rotatable bonds is 86. The van der Waals surface area contributed by atoms with Crippen LogP contribution in [0, 0.1) is 11.8 Å². The van der Waals surface area contributed by atoms with Crippen molar-refractivity contribution in [2.75, 3.05) is 39.6 Å². The van der Waals surface area contributed by atoms with Crippen LogP contribution in [0.2, 0.25) is 0 Å². The van der Waals surface area contributed by atoms with E-state index in [4.69, 9.17) is 37.0 Å². The predicted molar refractivity (Wildman–Crippen MR) is 437 cm³/mol. The number of carbonyl (C=O) groups excluding carboxylic acids is 4. The Labute approximate surface area is 651 Å². The minimum absolute atomic E-state index is 0.107. The lowest BCUT2D eigenvalue weighted by atomic mass is 9.99. The van der Waals surface area contributed by atoms with E-state index in [1.54, 1.807) is 0 Å². The van der Waals surface area contributed by atoms with Gasteiger partial charge in [0.2, 0.25) is 0 Å². The molecular formula is C87H170O17P2. The summed E-state index contributed by atoms with van der Waals surface area (Å²) in [6.07, 6.45) is 70.8. The summed E-state index contributed by atoms with van der Waals surface area (Å²) in [7, 11) is -9.93. The lowest BCUT2D eigenvalue weighted by Crippen LogP contribution is -2.30. The van der Waals surface area contributed by atoms with Crippen LogP contribution in [0.5, 0.6) is 0 Å². The second-order valence-corrected chi connectivity index (χ2v) is 34.9. The van der Waals surface area contributed by atoms with E-state index in [2.05, 4.69) is 41.5 Å². The molecule has 106 heavy (non-hydrogen) atoms. The molecule has 0 bridgehead atoms. The molecule has 3 unspecified atom stereocenters. The molecule has 0 heterocycles. The number of hydrogen-bond acceptors (Lipinski definition) is 15. The summed E-state index contributed by atoms with van der Waals surface area (Å²) in [6, 6.07) is 0. The van der Waals surface area contributed by atoms with Crippen molar-refractivity contribution in [3.8, 4) is 0 Å². The SMILES string of the molecule is CCCCCCCCCCCCCCCCCCCCCCCCC(=O)O[C@H](COC(=O)CCCCCCCCCCCCCCCCC(C)CC)COP(=O)(O)OC[C@@H](O)COP(=O)(O)OC[C@@H](COC(=O)CCCCCCCCCCCCCCC)OC(=O)CCCCCCCCCCCCC(C)C. The number of esters is 4. The Morgan fingerprint density at radius 3 is 0.717 bits per heavy atom. The second-order valence-electron chi connectivity index (χ2n) is 32.0. The van der Waals surface area contributed by atoms with Crippen LogP contribution >= 0.6 is 15.6 Å². The van der Waals surface area contributed by atoms with E-state index in [-0.39, 0.29) is 25.7 Å². The monoisotopic (exact) mass is 1550 g/mol. The van der Waals surface area contributed by atoms with Gasteiger partial charge in [0.05, 0.1) is 26.4 Å². The molecule has 0 rings (SSSR count). The molecule has 0 fully saturated rings. The molecule has 0 aromatic heterocycles. The number of hydrogen-bond donors (Lipinski definition) is 3. The zero-order valence-electron chi connectivity index (χ0n) is 69.7. The van der Waals surface area contributed by atoms with Crippen molar-refractivity contribution in [1.29, 1.82) is 0 Å². The van der Waals surface area contributed by atoms with E-state index in [1.807, 2.05) is 0 Å². The van der Waals surface area contributed by atoms with Crippen molar-refractivity contribution in [1.82, 2.24) is 0 Å². The zero-order chi connectivity index (χ0) is 77.8. The predicted octanol–water partition coefficient (Wildman–Crippen LogP) is 26.6. The van der Waals surface area contributed by atoms with Crippen LogP contribution in [0.4, 0.5) is 0 Å². The molecule has 0 aliphatic rings. The molecular weight excluding hydrogens is 1380 g/mol. The fourth-order valence-electron chi connectivity index (χ4n) is 13.6. The summed E-state index contributed by atoms with van der Waals surface area (Å²) in [5, 5.41) is 10.7. The first-order valence-corrected chi connectivity index (χ1v) is 48.0. The Morgan fingerprint density at radius 1 is 0.274 bits per heavy atom. The highest BCUT2D eigenvalue weighted by molar-refractivity contribution is 7.47. The summed E-state index contributed by atoms with van der Waals surface area (Å²) in [5.74, 6) is -0.499. The van der Waals surface area contributed by atoms with Gasteiger partial charge in [0.1, 0.15) is 19.3 Å². The Hall–Kier alpha value is -1.94. The van der Waals surface area contributed by atoms with Gasteiger partial charge in [-0.15, -0.1) is 0 Å². The standard InChI is InChI=1S/C87H170O17P2/c1-7-10-12-14-16-18-20-22-23-24-25-26-27-28-29-30-36-40-47-53-59-65-71-86(91)103-82(75-98-85(90)70-64-58-52-46-39-35-32-31-34-37-44-50-56-62-68-80(6)9-3)77-101-105(93,94)99-73-81(88)74-100-106(95,96)102-78-83(104-87(92)72-66-60-54-48-42-41-43-49-55-61-67-79(4)5)76-97-84(89)69-63-57-51-45-38-33-21-19-17-15-13-11-8-2/h79-83,88H,7-78H2,1-6H3,(H,93,94)(H,95,96)/t80?,81-,82-,83-/m1/s1. The molecule has 3 N–H and O–H groups in total. The highest BCUT2D eigenvalue weighted by Crippen LogP contribution is 2.45. The van der Waals surface area contributed by atoms with Crippen LogP contribution < -0.4 is 0 Å². The van der Waals surface area contributed by atoms with Gasteiger partial charge in [-0.2, -0.15) is 0 Å². The number of phosphoric acid groups is 2. The maximum Gasteiger partial charge on any atom is 0.472 e. The van der Waals surface area contributed by atoms with Gasteiger partial charge in [0.15, 0.2) is 12.2 Å².